The Labute approximate surface area is 94.4 Å². The van der Waals surface area contributed by atoms with Gasteiger partial charge >= 0.3 is 5.97 Å². The van der Waals surface area contributed by atoms with Crippen molar-refractivity contribution in [3.8, 4) is 5.75 Å². The molecule has 3 nitrogen and oxygen atoms in total. The summed E-state index contributed by atoms with van der Waals surface area (Å²) in [6, 6.07) is 2.18. The van der Waals surface area contributed by atoms with Crippen molar-refractivity contribution in [1.29, 1.82) is 0 Å². The highest BCUT2D eigenvalue weighted by atomic mass is 79.9. The lowest BCUT2D eigenvalue weighted by Crippen LogP contribution is -2.01. The molecule has 6 heteroatoms. The lowest BCUT2D eigenvalue weighted by atomic mass is 10.2. The van der Waals surface area contributed by atoms with Crippen LogP contribution in [0.4, 0.5) is 4.39 Å². The number of ether oxygens (including phenoxy) is 1. The molecule has 0 aromatic heterocycles. The summed E-state index contributed by atoms with van der Waals surface area (Å²) in [5, 5.41) is 8.55. The first-order valence-electron chi connectivity index (χ1n) is 3.32. The zero-order valence-corrected chi connectivity index (χ0v) is 9.49. The number of hydrogen-bond acceptors (Lipinski definition) is 2. The first-order chi connectivity index (χ1) is 6.06. The maximum atomic E-state index is 13.0. The summed E-state index contributed by atoms with van der Waals surface area (Å²) in [5.74, 6) is -1.85. The van der Waals surface area contributed by atoms with Gasteiger partial charge in [0.2, 0.25) is 0 Å². The Morgan fingerprint density at radius 2 is 2.14 bits per heavy atom. The molecule has 0 spiro atoms. The summed E-state index contributed by atoms with van der Waals surface area (Å²) in [4.78, 5) is 10.5. The van der Waals surface area contributed by atoms with E-state index < -0.39 is 11.8 Å². The third-order valence-electron chi connectivity index (χ3n) is 1.47. The van der Waals surface area contributed by atoms with E-state index in [1.165, 1.54) is 7.11 Å². The predicted molar refractivity (Wildman–Crippen MR) is 54.9 cm³/mol. The number of halogens is 3. The third-order valence-corrected chi connectivity index (χ3v) is 2.09. The summed E-state index contributed by atoms with van der Waals surface area (Å²) in [6.07, 6.45) is 0. The topological polar surface area (TPSA) is 46.5 Å². The largest absolute Gasteiger partial charge is 0.495 e. The van der Waals surface area contributed by atoms with Crippen LogP contribution in [-0.4, -0.2) is 18.2 Å². The predicted octanol–water partition coefficient (Wildman–Crippen LogP) is 2.72. The van der Waals surface area contributed by atoms with Gasteiger partial charge in [0.25, 0.3) is 0 Å². The van der Waals surface area contributed by atoms with Crippen LogP contribution in [0.2, 0.25) is 0 Å². The summed E-state index contributed by atoms with van der Waals surface area (Å²) in [5.41, 5.74) is -0.382. The van der Waals surface area contributed by atoms with Gasteiger partial charge < -0.3 is 9.84 Å². The van der Waals surface area contributed by atoms with E-state index in [1.807, 2.05) is 0 Å². The van der Waals surface area contributed by atoms with Crippen molar-refractivity contribution >= 4 is 34.3 Å². The van der Waals surface area contributed by atoms with Crippen molar-refractivity contribution in [2.24, 2.45) is 0 Å². The van der Waals surface area contributed by atoms with Gasteiger partial charge in [-0.15, -0.1) is 12.4 Å². The number of hydrogen-bond donors (Lipinski definition) is 1. The number of carboxylic acid groups (broad SMARTS) is 1. The third kappa shape index (κ3) is 2.59. The van der Waals surface area contributed by atoms with Crippen molar-refractivity contribution in [2.45, 2.75) is 0 Å². The van der Waals surface area contributed by atoms with Crippen molar-refractivity contribution < 1.29 is 19.0 Å². The normalized spacial score (nSPS) is 9.07. The molecule has 0 aliphatic heterocycles. The molecule has 0 amide bonds. The molecule has 0 aliphatic carbocycles. The highest BCUT2D eigenvalue weighted by molar-refractivity contribution is 9.10. The SMILES string of the molecule is COc1cc(F)c(C(=O)O)cc1Br.Cl. The molecule has 0 radical (unpaired) electrons. The minimum atomic E-state index is -1.30. The molecule has 0 bridgehead atoms. The van der Waals surface area contributed by atoms with Gasteiger partial charge in [0.15, 0.2) is 0 Å². The summed E-state index contributed by atoms with van der Waals surface area (Å²) in [6.45, 7) is 0. The van der Waals surface area contributed by atoms with Crippen molar-refractivity contribution in [2.75, 3.05) is 7.11 Å². The van der Waals surface area contributed by atoms with Crippen LogP contribution in [-0.2, 0) is 0 Å². The summed E-state index contributed by atoms with van der Waals surface area (Å²) >= 11 is 3.05. The Balaban J connectivity index is 0.00000169. The molecule has 0 aliphatic rings. The van der Waals surface area contributed by atoms with Crippen LogP contribution in [0.3, 0.4) is 0 Å². The van der Waals surface area contributed by atoms with Crippen LogP contribution in [0.5, 0.6) is 5.75 Å². The Bertz CT molecular complexity index is 357. The lowest BCUT2D eigenvalue weighted by molar-refractivity contribution is 0.0691. The van der Waals surface area contributed by atoms with E-state index in [-0.39, 0.29) is 23.7 Å². The van der Waals surface area contributed by atoms with Crippen LogP contribution in [0, 0.1) is 5.82 Å². The molecule has 0 heterocycles. The van der Waals surface area contributed by atoms with Gasteiger partial charge in [-0.05, 0) is 22.0 Å². The average molecular weight is 285 g/mol. The Kier molecular flexibility index (Phi) is 4.87. The molecule has 0 saturated carbocycles. The zero-order valence-electron chi connectivity index (χ0n) is 7.08. The second-order valence-corrected chi connectivity index (χ2v) is 3.13. The molecule has 1 aromatic rings. The summed E-state index contributed by atoms with van der Waals surface area (Å²) < 4.78 is 18.2. The Morgan fingerprint density at radius 1 is 1.57 bits per heavy atom. The molecule has 0 unspecified atom stereocenters. The van der Waals surface area contributed by atoms with Gasteiger partial charge in [0.05, 0.1) is 17.1 Å². The molecule has 0 fully saturated rings. The Morgan fingerprint density at radius 3 is 2.57 bits per heavy atom. The van der Waals surface area contributed by atoms with E-state index in [1.54, 1.807) is 0 Å². The van der Waals surface area contributed by atoms with E-state index in [2.05, 4.69) is 15.9 Å². The molecular formula is C8H7BrClFO3. The highest BCUT2D eigenvalue weighted by Crippen LogP contribution is 2.27. The van der Waals surface area contributed by atoms with E-state index >= 15 is 0 Å². The fourth-order valence-corrected chi connectivity index (χ4v) is 1.35. The number of aromatic carboxylic acids is 1. The molecule has 1 aromatic carbocycles. The summed E-state index contributed by atoms with van der Waals surface area (Å²) in [7, 11) is 1.37. The second kappa shape index (κ2) is 5.17. The maximum Gasteiger partial charge on any atom is 0.338 e. The second-order valence-electron chi connectivity index (χ2n) is 2.27. The number of methoxy groups -OCH3 is 1. The van der Waals surface area contributed by atoms with E-state index in [9.17, 15) is 9.18 Å². The quantitative estimate of drug-likeness (QED) is 0.909. The van der Waals surface area contributed by atoms with Crippen LogP contribution in [0.25, 0.3) is 0 Å². The fourth-order valence-electron chi connectivity index (χ4n) is 0.849. The van der Waals surface area contributed by atoms with Crippen molar-refractivity contribution in [3.05, 3.63) is 28.0 Å². The van der Waals surface area contributed by atoms with Gasteiger partial charge in [-0.2, -0.15) is 0 Å². The van der Waals surface area contributed by atoms with Crippen molar-refractivity contribution in [1.82, 2.24) is 0 Å². The molecule has 0 atom stereocenters. The van der Waals surface area contributed by atoms with Gasteiger partial charge in [0, 0.05) is 6.07 Å². The molecule has 14 heavy (non-hydrogen) atoms. The van der Waals surface area contributed by atoms with E-state index in [0.29, 0.717) is 4.47 Å². The molecular weight excluding hydrogens is 278 g/mol. The molecule has 1 N–H and O–H groups in total. The smallest absolute Gasteiger partial charge is 0.338 e. The monoisotopic (exact) mass is 284 g/mol. The van der Waals surface area contributed by atoms with Gasteiger partial charge in [-0.1, -0.05) is 0 Å². The standard InChI is InChI=1S/C8H6BrFO3.ClH/c1-13-7-3-6(10)4(8(11)12)2-5(7)9;/h2-3H,1H3,(H,11,12);1H. The van der Waals surface area contributed by atoms with Gasteiger partial charge in [0.1, 0.15) is 11.6 Å². The van der Waals surface area contributed by atoms with Gasteiger partial charge in [-0.25, -0.2) is 9.18 Å². The lowest BCUT2D eigenvalue weighted by Gasteiger charge is -2.04. The average Bonchev–Trinajstić information content (AvgIpc) is 2.07. The van der Waals surface area contributed by atoms with Crippen LogP contribution in [0.15, 0.2) is 16.6 Å². The van der Waals surface area contributed by atoms with Crippen LogP contribution in [0.1, 0.15) is 10.4 Å². The van der Waals surface area contributed by atoms with Gasteiger partial charge in [-0.3, -0.25) is 0 Å². The van der Waals surface area contributed by atoms with Crippen LogP contribution >= 0.6 is 28.3 Å². The van der Waals surface area contributed by atoms with E-state index in [4.69, 9.17) is 9.84 Å². The highest BCUT2D eigenvalue weighted by Gasteiger charge is 2.13. The van der Waals surface area contributed by atoms with Crippen molar-refractivity contribution in [3.63, 3.8) is 0 Å². The first kappa shape index (κ1) is 13.2. The number of carbonyl (C=O) groups is 1. The van der Waals surface area contributed by atoms with Crippen LogP contribution < -0.4 is 4.74 Å². The number of rotatable bonds is 2. The maximum absolute atomic E-state index is 13.0. The minimum absolute atomic E-state index is 0. The number of benzene rings is 1. The zero-order chi connectivity index (χ0) is 10.0. The molecule has 78 valence electrons. The fraction of sp³-hybridized carbons (Fsp3) is 0.125. The molecule has 0 saturated heterocycles. The Hall–Kier alpha value is -0.810. The first-order valence-corrected chi connectivity index (χ1v) is 4.12. The minimum Gasteiger partial charge on any atom is -0.495 e. The van der Waals surface area contributed by atoms with E-state index in [0.717, 1.165) is 12.1 Å². The number of carboxylic acids is 1. The molecule has 1 rings (SSSR count).